The summed E-state index contributed by atoms with van der Waals surface area (Å²) in [7, 11) is 0. The second-order valence-corrected chi connectivity index (χ2v) is 9.18. The molecule has 4 heteroatoms. The molecule has 1 fully saturated rings. The Hall–Kier alpha value is -2.72. The SMILES string of the molecule is O=c1c2sccc2nc(-c2ccc(-c3ccccc3)cc2)n1CCC1CCCCC1. The van der Waals surface area contributed by atoms with Crippen LogP contribution in [-0.2, 0) is 6.54 Å². The summed E-state index contributed by atoms with van der Waals surface area (Å²) in [5, 5.41) is 1.97. The van der Waals surface area contributed by atoms with Crippen molar-refractivity contribution in [3.05, 3.63) is 76.4 Å². The fourth-order valence-electron chi connectivity index (χ4n) is 4.60. The normalized spacial score (nSPS) is 14.9. The molecule has 3 nitrogen and oxygen atoms in total. The van der Waals surface area contributed by atoms with Gasteiger partial charge in [0.25, 0.3) is 5.56 Å². The molecule has 2 aromatic carbocycles. The van der Waals surface area contributed by atoms with E-state index in [0.717, 1.165) is 40.5 Å². The van der Waals surface area contributed by atoms with E-state index in [4.69, 9.17) is 4.98 Å². The van der Waals surface area contributed by atoms with Gasteiger partial charge in [-0.15, -0.1) is 11.3 Å². The molecule has 0 spiro atoms. The number of hydrogen-bond acceptors (Lipinski definition) is 3. The largest absolute Gasteiger partial charge is 0.291 e. The number of hydrogen-bond donors (Lipinski definition) is 0. The Balaban J connectivity index is 1.51. The average Bonchev–Trinajstić information content (AvgIpc) is 3.29. The van der Waals surface area contributed by atoms with E-state index in [1.807, 2.05) is 22.1 Å². The number of aromatic nitrogens is 2. The molecule has 0 saturated heterocycles. The zero-order valence-electron chi connectivity index (χ0n) is 17.1. The van der Waals surface area contributed by atoms with Crippen molar-refractivity contribution in [1.82, 2.24) is 9.55 Å². The van der Waals surface area contributed by atoms with Gasteiger partial charge in [0.05, 0.1) is 5.52 Å². The van der Waals surface area contributed by atoms with Crippen LogP contribution >= 0.6 is 11.3 Å². The van der Waals surface area contributed by atoms with Crippen molar-refractivity contribution in [2.24, 2.45) is 5.92 Å². The smallest absolute Gasteiger partial charge is 0.271 e. The first-order chi connectivity index (χ1) is 14.8. The van der Waals surface area contributed by atoms with Crippen molar-refractivity contribution in [3.8, 4) is 22.5 Å². The minimum Gasteiger partial charge on any atom is -0.291 e. The summed E-state index contributed by atoms with van der Waals surface area (Å²) in [6, 6.07) is 20.8. The maximum atomic E-state index is 13.3. The third kappa shape index (κ3) is 3.84. The van der Waals surface area contributed by atoms with Gasteiger partial charge in [-0.1, -0.05) is 86.7 Å². The summed E-state index contributed by atoms with van der Waals surface area (Å²) in [4.78, 5) is 18.2. The highest BCUT2D eigenvalue weighted by Gasteiger charge is 2.17. The van der Waals surface area contributed by atoms with Crippen molar-refractivity contribution in [1.29, 1.82) is 0 Å². The third-order valence-electron chi connectivity index (χ3n) is 6.30. The zero-order chi connectivity index (χ0) is 20.3. The van der Waals surface area contributed by atoms with Crippen LogP contribution < -0.4 is 5.56 Å². The van der Waals surface area contributed by atoms with E-state index in [1.54, 1.807) is 0 Å². The molecule has 0 N–H and O–H groups in total. The first-order valence-electron chi connectivity index (χ1n) is 10.9. The molecule has 2 aromatic heterocycles. The zero-order valence-corrected chi connectivity index (χ0v) is 17.9. The van der Waals surface area contributed by atoms with Gasteiger partial charge in [-0.05, 0) is 34.9 Å². The molecule has 2 heterocycles. The van der Waals surface area contributed by atoms with Gasteiger partial charge in [-0.2, -0.15) is 0 Å². The van der Waals surface area contributed by atoms with E-state index in [2.05, 4.69) is 48.5 Å². The number of nitrogens with zero attached hydrogens (tertiary/aromatic N) is 2. The fourth-order valence-corrected chi connectivity index (χ4v) is 5.38. The van der Waals surface area contributed by atoms with Crippen molar-refractivity contribution >= 4 is 21.6 Å². The third-order valence-corrected chi connectivity index (χ3v) is 7.19. The van der Waals surface area contributed by atoms with Crippen LogP contribution in [0.2, 0.25) is 0 Å². The van der Waals surface area contributed by atoms with Gasteiger partial charge in [0.2, 0.25) is 0 Å². The minimum atomic E-state index is 0.105. The lowest BCUT2D eigenvalue weighted by Gasteiger charge is -2.22. The molecule has 1 saturated carbocycles. The Bertz CT molecular complexity index is 1190. The van der Waals surface area contributed by atoms with Gasteiger partial charge >= 0.3 is 0 Å². The van der Waals surface area contributed by atoms with Gasteiger partial charge in [-0.25, -0.2) is 4.98 Å². The highest BCUT2D eigenvalue weighted by molar-refractivity contribution is 7.17. The summed E-state index contributed by atoms with van der Waals surface area (Å²) in [5.41, 5.74) is 4.28. The van der Waals surface area contributed by atoms with Crippen molar-refractivity contribution in [2.75, 3.05) is 0 Å². The predicted octanol–water partition coefficient (Wildman–Crippen LogP) is 6.76. The topological polar surface area (TPSA) is 34.9 Å². The number of fused-ring (bicyclic) bond motifs is 1. The Labute approximate surface area is 181 Å². The Morgan fingerprint density at radius 2 is 1.57 bits per heavy atom. The molecule has 0 bridgehead atoms. The van der Waals surface area contributed by atoms with Crippen LogP contribution in [0.25, 0.3) is 32.7 Å². The summed E-state index contributed by atoms with van der Waals surface area (Å²) >= 11 is 1.50. The highest BCUT2D eigenvalue weighted by atomic mass is 32.1. The molecule has 0 atom stereocenters. The van der Waals surface area contributed by atoms with Gasteiger partial charge in [0.1, 0.15) is 10.5 Å². The maximum Gasteiger partial charge on any atom is 0.271 e. The molecule has 1 aliphatic carbocycles. The Kier molecular flexibility index (Phi) is 5.50. The van der Waals surface area contributed by atoms with Gasteiger partial charge in [0.15, 0.2) is 0 Å². The molecule has 1 aliphatic rings. The summed E-state index contributed by atoms with van der Waals surface area (Å²) < 4.78 is 2.69. The molecule has 0 aliphatic heterocycles. The summed E-state index contributed by atoms with van der Waals surface area (Å²) in [5.74, 6) is 1.53. The van der Waals surface area contributed by atoms with E-state index in [1.165, 1.54) is 54.6 Å². The summed E-state index contributed by atoms with van der Waals surface area (Å²) in [6.45, 7) is 0.750. The predicted molar refractivity (Wildman–Crippen MR) is 126 cm³/mol. The second-order valence-electron chi connectivity index (χ2n) is 8.26. The Morgan fingerprint density at radius 3 is 2.33 bits per heavy atom. The van der Waals surface area contributed by atoms with Crippen LogP contribution in [0.1, 0.15) is 38.5 Å². The van der Waals surface area contributed by atoms with Crippen molar-refractivity contribution < 1.29 is 0 Å². The molecule has 152 valence electrons. The van der Waals surface area contributed by atoms with E-state index in [-0.39, 0.29) is 5.56 Å². The quantitative estimate of drug-likeness (QED) is 0.361. The van der Waals surface area contributed by atoms with Gasteiger partial charge < -0.3 is 0 Å². The van der Waals surface area contributed by atoms with E-state index in [9.17, 15) is 4.79 Å². The second kappa shape index (κ2) is 8.57. The standard InChI is InChI=1S/C26H26N2OS/c29-26-24-23(16-18-30-24)27-25(28(26)17-15-19-7-3-1-4-8-19)22-13-11-21(12-14-22)20-9-5-2-6-10-20/h2,5-6,9-14,16,18-19H,1,3-4,7-8,15,17H2. The number of benzene rings is 2. The van der Waals surface area contributed by atoms with Crippen LogP contribution in [0, 0.1) is 5.92 Å². The molecule has 4 aromatic rings. The molecule has 0 amide bonds. The number of rotatable bonds is 5. The maximum absolute atomic E-state index is 13.3. The molecule has 30 heavy (non-hydrogen) atoms. The highest BCUT2D eigenvalue weighted by Crippen LogP contribution is 2.29. The van der Waals surface area contributed by atoms with Crippen LogP contribution in [0.5, 0.6) is 0 Å². The molecular formula is C26H26N2OS. The Morgan fingerprint density at radius 1 is 0.867 bits per heavy atom. The lowest BCUT2D eigenvalue weighted by Crippen LogP contribution is -2.24. The first kappa shape index (κ1) is 19.3. The van der Waals surface area contributed by atoms with E-state index < -0.39 is 0 Å². The van der Waals surface area contributed by atoms with Crippen molar-refractivity contribution in [3.63, 3.8) is 0 Å². The lowest BCUT2D eigenvalue weighted by molar-refractivity contribution is 0.323. The average molecular weight is 415 g/mol. The van der Waals surface area contributed by atoms with E-state index >= 15 is 0 Å². The number of thiophene rings is 1. The van der Waals surface area contributed by atoms with E-state index in [0.29, 0.717) is 0 Å². The first-order valence-corrected chi connectivity index (χ1v) is 11.8. The minimum absolute atomic E-state index is 0.105. The van der Waals surface area contributed by atoms with Crippen LogP contribution in [-0.4, -0.2) is 9.55 Å². The van der Waals surface area contributed by atoms with Crippen LogP contribution in [0.3, 0.4) is 0 Å². The van der Waals surface area contributed by atoms with Gasteiger partial charge in [-0.3, -0.25) is 9.36 Å². The molecular weight excluding hydrogens is 388 g/mol. The van der Waals surface area contributed by atoms with Crippen LogP contribution in [0.4, 0.5) is 0 Å². The fraction of sp³-hybridized carbons (Fsp3) is 0.308. The lowest BCUT2D eigenvalue weighted by atomic mass is 9.87. The molecule has 0 radical (unpaired) electrons. The molecule has 0 unspecified atom stereocenters. The van der Waals surface area contributed by atoms with Crippen LogP contribution in [0.15, 0.2) is 70.8 Å². The van der Waals surface area contributed by atoms with Gasteiger partial charge in [0, 0.05) is 12.1 Å². The monoisotopic (exact) mass is 414 g/mol. The molecule has 5 rings (SSSR count). The summed E-state index contributed by atoms with van der Waals surface area (Å²) in [6.07, 6.45) is 7.67. The van der Waals surface area contributed by atoms with Crippen molar-refractivity contribution in [2.45, 2.75) is 45.1 Å².